The Hall–Kier alpha value is -2.47. The molecule has 0 aliphatic heterocycles. The van der Waals surface area contributed by atoms with Gasteiger partial charge >= 0.3 is 0 Å². The van der Waals surface area contributed by atoms with Gasteiger partial charge in [-0.25, -0.2) is 0 Å². The van der Waals surface area contributed by atoms with Crippen molar-refractivity contribution in [2.24, 2.45) is 0 Å². The van der Waals surface area contributed by atoms with Crippen LogP contribution in [0.1, 0.15) is 5.69 Å². The van der Waals surface area contributed by atoms with Crippen molar-refractivity contribution < 1.29 is 14.9 Å². The van der Waals surface area contributed by atoms with Gasteiger partial charge < -0.3 is 14.9 Å². The summed E-state index contributed by atoms with van der Waals surface area (Å²) in [4.78, 5) is 0. The fourth-order valence-electron chi connectivity index (χ4n) is 2.08. The van der Waals surface area contributed by atoms with Gasteiger partial charge in [0.1, 0.15) is 22.9 Å². The van der Waals surface area contributed by atoms with Crippen LogP contribution in [0.3, 0.4) is 0 Å². The van der Waals surface area contributed by atoms with Crippen molar-refractivity contribution in [1.29, 1.82) is 0 Å². The van der Waals surface area contributed by atoms with Crippen LogP contribution in [-0.2, 0) is 0 Å². The van der Waals surface area contributed by atoms with Crippen molar-refractivity contribution in [3.63, 3.8) is 0 Å². The molecule has 3 rings (SSSR count). The molecule has 0 saturated carbocycles. The second-order valence-electron chi connectivity index (χ2n) is 4.76. The Kier molecular flexibility index (Phi) is 3.77. The molecule has 22 heavy (non-hydrogen) atoms. The van der Waals surface area contributed by atoms with E-state index in [2.05, 4.69) is 26.1 Å². The third-order valence-electron chi connectivity index (χ3n) is 3.18. The Morgan fingerprint density at radius 2 is 1.91 bits per heavy atom. The number of ether oxygens (including phenoxy) is 1. The van der Waals surface area contributed by atoms with Crippen LogP contribution >= 0.6 is 15.9 Å². The summed E-state index contributed by atoms with van der Waals surface area (Å²) in [5.74, 6) is 1.09. The van der Waals surface area contributed by atoms with E-state index in [0.29, 0.717) is 22.8 Å². The molecule has 0 saturated heterocycles. The Morgan fingerprint density at radius 1 is 1.14 bits per heavy atom. The van der Waals surface area contributed by atoms with Crippen molar-refractivity contribution in [3.05, 3.63) is 52.6 Å². The number of phenolic OH excluding ortho intramolecular Hbond substituents is 2. The molecule has 5 nitrogen and oxygen atoms in total. The number of hydrogen-bond acceptors (Lipinski definition) is 4. The number of aromatic amines is 1. The molecule has 0 aliphatic carbocycles. The lowest BCUT2D eigenvalue weighted by Gasteiger charge is -2.09. The predicted molar refractivity (Wildman–Crippen MR) is 86.3 cm³/mol. The highest BCUT2D eigenvalue weighted by Crippen LogP contribution is 2.40. The van der Waals surface area contributed by atoms with Gasteiger partial charge in [-0.05, 0) is 47.1 Å². The first-order chi connectivity index (χ1) is 10.6. The number of phenols is 2. The fourth-order valence-corrected chi connectivity index (χ4v) is 2.45. The van der Waals surface area contributed by atoms with Crippen molar-refractivity contribution in [2.45, 2.75) is 6.92 Å². The summed E-state index contributed by atoms with van der Waals surface area (Å²) < 4.78 is 6.75. The van der Waals surface area contributed by atoms with Crippen LogP contribution in [-0.4, -0.2) is 20.4 Å². The minimum Gasteiger partial charge on any atom is -0.508 e. The zero-order valence-corrected chi connectivity index (χ0v) is 13.3. The SMILES string of the molecule is Cc1[nH]nc(-c2ccc(O)cc2O)c1Oc1ccccc1Br. The van der Waals surface area contributed by atoms with Gasteiger partial charge in [0.15, 0.2) is 5.75 Å². The molecule has 0 spiro atoms. The molecule has 0 aliphatic rings. The van der Waals surface area contributed by atoms with E-state index in [1.165, 1.54) is 12.1 Å². The molecular weight excluding hydrogens is 348 g/mol. The van der Waals surface area contributed by atoms with Gasteiger partial charge in [-0.2, -0.15) is 5.10 Å². The van der Waals surface area contributed by atoms with Gasteiger partial charge in [0, 0.05) is 11.6 Å². The second kappa shape index (κ2) is 5.73. The molecule has 1 aromatic heterocycles. The molecule has 2 aromatic carbocycles. The summed E-state index contributed by atoms with van der Waals surface area (Å²) in [6.45, 7) is 1.83. The van der Waals surface area contributed by atoms with Crippen LogP contribution in [0.25, 0.3) is 11.3 Å². The molecule has 3 N–H and O–H groups in total. The number of aromatic hydroxyl groups is 2. The average Bonchev–Trinajstić information content (AvgIpc) is 2.83. The summed E-state index contributed by atoms with van der Waals surface area (Å²) in [6.07, 6.45) is 0. The molecule has 3 aromatic rings. The summed E-state index contributed by atoms with van der Waals surface area (Å²) in [5, 5.41) is 26.5. The van der Waals surface area contributed by atoms with Crippen LogP contribution < -0.4 is 4.74 Å². The first kappa shape index (κ1) is 14.5. The molecule has 6 heteroatoms. The topological polar surface area (TPSA) is 78.4 Å². The standard InChI is InChI=1S/C16H13BrN2O3/c1-9-16(22-14-5-3-2-4-12(14)17)15(19-18-9)11-7-6-10(20)8-13(11)21/h2-8,20-21H,1H3,(H,18,19). The van der Waals surface area contributed by atoms with E-state index in [9.17, 15) is 10.2 Å². The van der Waals surface area contributed by atoms with Crippen molar-refractivity contribution in [1.82, 2.24) is 10.2 Å². The van der Waals surface area contributed by atoms with E-state index in [0.717, 1.165) is 10.2 Å². The van der Waals surface area contributed by atoms with E-state index < -0.39 is 0 Å². The highest BCUT2D eigenvalue weighted by Gasteiger charge is 2.18. The average molecular weight is 361 g/mol. The highest BCUT2D eigenvalue weighted by molar-refractivity contribution is 9.10. The monoisotopic (exact) mass is 360 g/mol. The number of nitrogens with zero attached hydrogens (tertiary/aromatic N) is 1. The third-order valence-corrected chi connectivity index (χ3v) is 3.83. The zero-order valence-electron chi connectivity index (χ0n) is 11.7. The Balaban J connectivity index is 2.06. The summed E-state index contributed by atoms with van der Waals surface area (Å²) in [7, 11) is 0. The number of H-pyrrole nitrogens is 1. The van der Waals surface area contributed by atoms with Gasteiger partial charge in [0.25, 0.3) is 0 Å². The summed E-state index contributed by atoms with van der Waals surface area (Å²) >= 11 is 3.43. The van der Waals surface area contributed by atoms with E-state index in [4.69, 9.17) is 4.74 Å². The van der Waals surface area contributed by atoms with Gasteiger partial charge in [-0.3, -0.25) is 5.10 Å². The van der Waals surface area contributed by atoms with E-state index in [1.807, 2.05) is 31.2 Å². The number of para-hydroxylation sites is 1. The largest absolute Gasteiger partial charge is 0.508 e. The van der Waals surface area contributed by atoms with Crippen molar-refractivity contribution in [2.75, 3.05) is 0 Å². The minimum atomic E-state index is -0.0662. The van der Waals surface area contributed by atoms with Crippen LogP contribution in [0.2, 0.25) is 0 Å². The summed E-state index contributed by atoms with van der Waals surface area (Å²) in [5.41, 5.74) is 1.69. The number of nitrogens with one attached hydrogen (secondary N) is 1. The zero-order chi connectivity index (χ0) is 15.7. The Morgan fingerprint density at radius 3 is 2.64 bits per heavy atom. The fraction of sp³-hybridized carbons (Fsp3) is 0.0625. The Labute approximate surface area is 135 Å². The molecule has 0 atom stereocenters. The van der Waals surface area contributed by atoms with E-state index in [-0.39, 0.29) is 11.5 Å². The maximum absolute atomic E-state index is 10.0. The lowest BCUT2D eigenvalue weighted by Crippen LogP contribution is -1.89. The molecule has 0 amide bonds. The van der Waals surface area contributed by atoms with Crippen LogP contribution in [0.4, 0.5) is 0 Å². The number of aromatic nitrogens is 2. The summed E-state index contributed by atoms with van der Waals surface area (Å²) in [6, 6.07) is 11.8. The smallest absolute Gasteiger partial charge is 0.176 e. The molecule has 0 unspecified atom stereocenters. The number of aryl methyl sites for hydroxylation is 1. The lowest BCUT2D eigenvalue weighted by atomic mass is 10.1. The van der Waals surface area contributed by atoms with Gasteiger partial charge in [-0.15, -0.1) is 0 Å². The number of halogens is 1. The molecule has 0 bridgehead atoms. The highest BCUT2D eigenvalue weighted by atomic mass is 79.9. The van der Waals surface area contributed by atoms with Gasteiger partial charge in [0.05, 0.1) is 10.2 Å². The van der Waals surface area contributed by atoms with E-state index >= 15 is 0 Å². The van der Waals surface area contributed by atoms with Gasteiger partial charge in [0.2, 0.25) is 0 Å². The molecule has 112 valence electrons. The van der Waals surface area contributed by atoms with Crippen molar-refractivity contribution in [3.8, 4) is 34.3 Å². The maximum Gasteiger partial charge on any atom is 0.176 e. The Bertz CT molecular complexity index is 830. The first-order valence-corrected chi connectivity index (χ1v) is 7.35. The number of benzene rings is 2. The molecule has 1 heterocycles. The third kappa shape index (κ3) is 2.65. The minimum absolute atomic E-state index is 0.0122. The van der Waals surface area contributed by atoms with Crippen LogP contribution in [0.15, 0.2) is 46.9 Å². The first-order valence-electron chi connectivity index (χ1n) is 6.56. The quantitative estimate of drug-likeness (QED) is 0.648. The van der Waals surface area contributed by atoms with Crippen molar-refractivity contribution >= 4 is 15.9 Å². The van der Waals surface area contributed by atoms with E-state index in [1.54, 1.807) is 6.07 Å². The molecule has 0 fully saturated rings. The number of hydrogen-bond donors (Lipinski definition) is 3. The second-order valence-corrected chi connectivity index (χ2v) is 5.61. The maximum atomic E-state index is 10.0. The van der Waals surface area contributed by atoms with Crippen LogP contribution in [0.5, 0.6) is 23.0 Å². The normalized spacial score (nSPS) is 10.6. The molecular formula is C16H13BrN2O3. The van der Waals surface area contributed by atoms with Gasteiger partial charge in [-0.1, -0.05) is 12.1 Å². The number of rotatable bonds is 3. The molecule has 0 radical (unpaired) electrons. The predicted octanol–water partition coefficient (Wildman–Crippen LogP) is 4.35. The lowest BCUT2D eigenvalue weighted by molar-refractivity contribution is 0.450. The van der Waals surface area contributed by atoms with Crippen LogP contribution in [0, 0.1) is 6.92 Å².